The lowest BCUT2D eigenvalue weighted by Gasteiger charge is -2.36. The topological polar surface area (TPSA) is 51.0 Å². The zero-order valence-corrected chi connectivity index (χ0v) is 43.5. The molecule has 2 heterocycles. The molecule has 6 rings (SSSR count). The first-order valence-corrected chi connectivity index (χ1v) is 29.6. The van der Waals surface area contributed by atoms with Crippen molar-refractivity contribution in [1.29, 1.82) is 0 Å². The molecule has 0 bridgehead atoms. The number of carbonyl (C=O) groups excluding carboxylic acids is 1. The average Bonchev–Trinajstić information content (AvgIpc) is 3.76. The van der Waals surface area contributed by atoms with Gasteiger partial charge in [-0.05, 0) is 49.1 Å². The average molecular weight is 918 g/mol. The van der Waals surface area contributed by atoms with Crippen LogP contribution in [0, 0.1) is 11.8 Å². The largest absolute Gasteiger partial charge is 0.308 e. The summed E-state index contributed by atoms with van der Waals surface area (Å²) in [6, 6.07) is 17.8. The number of amides is 1. The van der Waals surface area contributed by atoms with E-state index < -0.39 is 0 Å². The van der Waals surface area contributed by atoms with Gasteiger partial charge in [-0.15, -0.1) is 5.10 Å². The molecule has 1 amide bonds. The van der Waals surface area contributed by atoms with Crippen LogP contribution < -0.4 is 4.90 Å². The van der Waals surface area contributed by atoms with Crippen molar-refractivity contribution in [3.05, 3.63) is 54.1 Å². The fraction of sp³-hybridized carbons (Fsp3) is 0.758. The molecule has 2 fully saturated rings. The molecule has 3 aliphatic rings. The van der Waals surface area contributed by atoms with Crippen molar-refractivity contribution in [2.45, 2.75) is 289 Å². The van der Waals surface area contributed by atoms with E-state index in [1.807, 2.05) is 4.90 Å². The molecule has 5 heteroatoms. The highest BCUT2D eigenvalue weighted by Crippen LogP contribution is 2.47. The van der Waals surface area contributed by atoms with Crippen LogP contribution in [0.2, 0.25) is 0 Å². The molecule has 0 saturated heterocycles. The maximum absolute atomic E-state index is 13.4. The van der Waals surface area contributed by atoms with Crippen LogP contribution in [0.1, 0.15) is 288 Å². The van der Waals surface area contributed by atoms with Crippen LogP contribution in [0.4, 0.5) is 5.69 Å². The number of benzene rings is 2. The van der Waals surface area contributed by atoms with Crippen molar-refractivity contribution in [2.75, 3.05) is 4.90 Å². The van der Waals surface area contributed by atoms with Gasteiger partial charge in [0.2, 0.25) is 5.91 Å². The van der Waals surface area contributed by atoms with Gasteiger partial charge in [0.25, 0.3) is 0 Å². The van der Waals surface area contributed by atoms with Gasteiger partial charge in [-0.2, -0.15) is 0 Å². The molecule has 0 radical (unpaired) electrons. The van der Waals surface area contributed by atoms with E-state index in [0.29, 0.717) is 24.4 Å². The summed E-state index contributed by atoms with van der Waals surface area (Å²) >= 11 is 0. The van der Waals surface area contributed by atoms with E-state index in [0.717, 1.165) is 16.9 Å². The Bertz CT molecular complexity index is 1650. The third kappa shape index (κ3) is 18.7. The summed E-state index contributed by atoms with van der Waals surface area (Å²) in [6.07, 6.45) is 58.8. The Morgan fingerprint density at radius 1 is 0.433 bits per heavy atom. The van der Waals surface area contributed by atoms with Gasteiger partial charge in [0.1, 0.15) is 5.69 Å². The van der Waals surface area contributed by atoms with E-state index in [2.05, 4.69) is 53.2 Å². The van der Waals surface area contributed by atoms with E-state index in [4.69, 9.17) is 10.3 Å². The molecule has 67 heavy (non-hydrogen) atoms. The standard InChI is InChI=1S/C62H100N4O/c1-53(67)65-52-56-48-40-41-49-57(56)62-60(58-50-42-43-51-59(58)65)63-64-66(62)61(54-44-36-32-28-24-20-16-12-8-4-2-5-9-13-17-21-25-29-33-37-45-54)55-46-38-34-30-26-22-18-14-10-6-3-7-11-15-19-23-27-31-35-39-47-55/h40-43,48-51,54-55,61H,2-39,44-47,52H2,1H3. The molecule has 0 N–H and O–H groups in total. The van der Waals surface area contributed by atoms with Gasteiger partial charge in [0.15, 0.2) is 0 Å². The Labute approximate surface area is 412 Å². The molecule has 0 atom stereocenters. The lowest BCUT2D eigenvalue weighted by Crippen LogP contribution is -2.31. The smallest absolute Gasteiger partial charge is 0.224 e. The van der Waals surface area contributed by atoms with Crippen molar-refractivity contribution in [3.8, 4) is 22.5 Å². The van der Waals surface area contributed by atoms with Gasteiger partial charge in [0.05, 0.1) is 24.0 Å². The number of rotatable bonds is 3. The summed E-state index contributed by atoms with van der Waals surface area (Å²) in [4.78, 5) is 15.4. The molecular formula is C62H100N4O. The Morgan fingerprint density at radius 3 is 1.10 bits per heavy atom. The normalized spacial score (nSPS) is 21.4. The number of fused-ring (bicyclic) bond motifs is 5. The number of aromatic nitrogens is 3. The molecule has 1 aromatic heterocycles. The quantitative estimate of drug-likeness (QED) is 0.263. The minimum atomic E-state index is 0.0689. The number of nitrogens with zero attached hydrogens (tertiary/aromatic N) is 4. The second-order valence-electron chi connectivity index (χ2n) is 22.1. The molecule has 374 valence electrons. The van der Waals surface area contributed by atoms with Crippen LogP contribution in [0.3, 0.4) is 0 Å². The summed E-state index contributed by atoms with van der Waals surface area (Å²) in [5.74, 6) is 1.22. The van der Waals surface area contributed by atoms with Crippen molar-refractivity contribution in [1.82, 2.24) is 15.0 Å². The van der Waals surface area contributed by atoms with Crippen molar-refractivity contribution in [2.24, 2.45) is 11.8 Å². The first-order valence-electron chi connectivity index (χ1n) is 29.6. The second-order valence-corrected chi connectivity index (χ2v) is 22.1. The van der Waals surface area contributed by atoms with E-state index in [9.17, 15) is 4.79 Å². The highest BCUT2D eigenvalue weighted by molar-refractivity contribution is 5.99. The number of hydrogen-bond donors (Lipinski definition) is 0. The minimum Gasteiger partial charge on any atom is -0.308 e. The number of hydrogen-bond acceptors (Lipinski definition) is 3. The van der Waals surface area contributed by atoms with E-state index in [1.165, 1.54) is 286 Å². The Kier molecular flexibility index (Phi) is 26.1. The first kappa shape index (κ1) is 53.4. The van der Waals surface area contributed by atoms with E-state index in [1.54, 1.807) is 6.92 Å². The van der Waals surface area contributed by atoms with Gasteiger partial charge in [-0.1, -0.05) is 292 Å². The predicted molar refractivity (Wildman–Crippen MR) is 288 cm³/mol. The molecule has 2 aromatic carbocycles. The molecule has 3 aromatic rings. The maximum Gasteiger partial charge on any atom is 0.224 e. The summed E-state index contributed by atoms with van der Waals surface area (Å²) in [6.45, 7) is 2.27. The highest BCUT2D eigenvalue weighted by Gasteiger charge is 2.36. The van der Waals surface area contributed by atoms with Gasteiger partial charge < -0.3 is 4.90 Å². The maximum atomic E-state index is 13.4. The Balaban J connectivity index is 1.33. The second kappa shape index (κ2) is 32.8. The lowest BCUT2D eigenvalue weighted by atomic mass is 9.77. The van der Waals surface area contributed by atoms with Crippen molar-refractivity contribution in [3.63, 3.8) is 0 Å². The van der Waals surface area contributed by atoms with Crippen LogP contribution in [0.15, 0.2) is 48.5 Å². The lowest BCUT2D eigenvalue weighted by molar-refractivity contribution is -0.116. The number of anilines is 1. The third-order valence-corrected chi connectivity index (χ3v) is 16.7. The van der Waals surface area contributed by atoms with Gasteiger partial charge >= 0.3 is 0 Å². The summed E-state index contributed by atoms with van der Waals surface area (Å²) < 4.78 is 2.54. The molecule has 2 saturated carbocycles. The monoisotopic (exact) mass is 917 g/mol. The van der Waals surface area contributed by atoms with Gasteiger partial charge in [0, 0.05) is 18.1 Å². The fourth-order valence-corrected chi connectivity index (χ4v) is 12.7. The Morgan fingerprint density at radius 2 is 0.746 bits per heavy atom. The van der Waals surface area contributed by atoms with E-state index >= 15 is 0 Å². The summed E-state index contributed by atoms with van der Waals surface area (Å²) in [7, 11) is 0. The molecule has 2 aliphatic carbocycles. The molecule has 0 unspecified atom stereocenters. The molecule has 1 aliphatic heterocycles. The predicted octanol–water partition coefficient (Wildman–Crippen LogP) is 19.7. The van der Waals surface area contributed by atoms with Gasteiger partial charge in [-0.25, -0.2) is 4.68 Å². The zero-order chi connectivity index (χ0) is 46.4. The van der Waals surface area contributed by atoms with Crippen molar-refractivity contribution >= 4 is 11.6 Å². The molecular weight excluding hydrogens is 817 g/mol. The zero-order valence-electron chi connectivity index (χ0n) is 43.5. The minimum absolute atomic E-state index is 0.0689. The van der Waals surface area contributed by atoms with Crippen LogP contribution in [0.5, 0.6) is 0 Å². The molecule has 5 nitrogen and oxygen atoms in total. The number of para-hydroxylation sites is 1. The van der Waals surface area contributed by atoms with Crippen molar-refractivity contribution < 1.29 is 4.79 Å². The SMILES string of the molecule is CC(=O)N1Cc2ccccc2-c2c(nnn2C(C2CCCCCCCCCCCCCCCCCCCCC2)C2CCCCCCCCCCCCCCCCCCCCC2)-c2ccccc21. The van der Waals surface area contributed by atoms with Crippen LogP contribution >= 0.6 is 0 Å². The summed E-state index contributed by atoms with van der Waals surface area (Å²) in [5.41, 5.74) is 6.56. The van der Waals surface area contributed by atoms with Crippen LogP contribution in [0.25, 0.3) is 22.5 Å². The first-order chi connectivity index (χ1) is 33.2. The third-order valence-electron chi connectivity index (χ3n) is 16.7. The highest BCUT2D eigenvalue weighted by atomic mass is 16.2. The number of carbonyl (C=O) groups is 1. The summed E-state index contributed by atoms with van der Waals surface area (Å²) in [5, 5.41) is 10.7. The Hall–Kier alpha value is -2.95. The van der Waals surface area contributed by atoms with Crippen LogP contribution in [-0.4, -0.2) is 20.9 Å². The van der Waals surface area contributed by atoms with E-state index in [-0.39, 0.29) is 5.91 Å². The van der Waals surface area contributed by atoms with Crippen LogP contribution in [-0.2, 0) is 11.3 Å². The molecule has 0 spiro atoms. The fourth-order valence-electron chi connectivity index (χ4n) is 12.7. The van der Waals surface area contributed by atoms with Gasteiger partial charge in [-0.3, -0.25) is 4.79 Å².